The zero-order chi connectivity index (χ0) is 22.9. The second kappa shape index (κ2) is 8.45. The molecule has 1 N–H and O–H groups in total. The maximum absolute atomic E-state index is 13.2. The zero-order valence-corrected chi connectivity index (χ0v) is 17.1. The summed E-state index contributed by atoms with van der Waals surface area (Å²) in [6, 6.07) is 12.1. The van der Waals surface area contributed by atoms with E-state index in [9.17, 15) is 23.1 Å². The predicted molar refractivity (Wildman–Crippen MR) is 110 cm³/mol. The molecule has 0 bridgehead atoms. The van der Waals surface area contributed by atoms with Gasteiger partial charge in [-0.2, -0.15) is 0 Å². The number of amides is 1. The molecule has 1 saturated heterocycles. The summed E-state index contributed by atoms with van der Waals surface area (Å²) >= 11 is 0. The third kappa shape index (κ3) is 4.48. The Morgan fingerprint density at radius 2 is 1.72 bits per heavy atom. The first kappa shape index (κ1) is 21.5. The van der Waals surface area contributed by atoms with Crippen LogP contribution >= 0.6 is 0 Å². The summed E-state index contributed by atoms with van der Waals surface area (Å²) in [4.78, 5) is 16.9. The van der Waals surface area contributed by atoms with Crippen LogP contribution in [0.4, 0.5) is 18.9 Å². The number of rotatable bonds is 4. The van der Waals surface area contributed by atoms with Gasteiger partial charge in [0.2, 0.25) is 0 Å². The lowest BCUT2D eigenvalue weighted by Gasteiger charge is -2.36. The lowest BCUT2D eigenvalue weighted by Crippen LogP contribution is -2.49. The molecular weight excluding hydrogens is 427 g/mol. The summed E-state index contributed by atoms with van der Waals surface area (Å²) in [5.74, 6) is -0.132. The normalized spacial score (nSPS) is 14.5. The van der Waals surface area contributed by atoms with E-state index >= 15 is 0 Å². The molecule has 1 aliphatic heterocycles. The molecule has 1 aliphatic rings. The van der Waals surface area contributed by atoms with E-state index in [-0.39, 0.29) is 28.7 Å². The van der Waals surface area contributed by atoms with Gasteiger partial charge >= 0.3 is 6.36 Å². The third-order valence-electron chi connectivity index (χ3n) is 5.23. The van der Waals surface area contributed by atoms with Crippen LogP contribution in [0.2, 0.25) is 0 Å². The topological polar surface area (TPSA) is 79.0 Å². The number of hydrogen-bond donors (Lipinski definition) is 1. The molecule has 1 aromatic heterocycles. The number of nitrogens with zero attached hydrogens (tertiary/aromatic N) is 3. The number of aromatic nitrogens is 1. The molecule has 0 radical (unpaired) electrons. The van der Waals surface area contributed by atoms with Gasteiger partial charge < -0.3 is 24.2 Å². The summed E-state index contributed by atoms with van der Waals surface area (Å²) in [5.41, 5.74) is 1.68. The smallest absolute Gasteiger partial charge is 0.506 e. The molecule has 0 saturated carbocycles. The standard InChI is InChI=1S/C22H20F3N3O4/c1-14-19(20(26-32-14)15-6-8-16(9-7-15)31-22(23,24)25)21(30)28-12-10-27(11-13-28)17-4-2-3-5-18(17)29/h2-9,29H,10-13H2,1H3. The van der Waals surface area contributed by atoms with Crippen molar-refractivity contribution in [2.45, 2.75) is 13.3 Å². The van der Waals surface area contributed by atoms with E-state index in [1.165, 1.54) is 12.1 Å². The first-order valence-corrected chi connectivity index (χ1v) is 9.87. The molecule has 0 atom stereocenters. The molecule has 0 spiro atoms. The molecule has 2 heterocycles. The highest BCUT2D eigenvalue weighted by Gasteiger charge is 2.32. The number of phenolic OH excluding ortho intramolecular Hbond substituents is 1. The van der Waals surface area contributed by atoms with Crippen LogP contribution in [0.5, 0.6) is 11.5 Å². The average molecular weight is 447 g/mol. The van der Waals surface area contributed by atoms with Crippen molar-refractivity contribution in [1.29, 1.82) is 0 Å². The number of carbonyl (C=O) groups is 1. The second-order valence-corrected chi connectivity index (χ2v) is 7.30. The van der Waals surface area contributed by atoms with Crippen molar-refractivity contribution in [3.8, 4) is 22.8 Å². The molecule has 32 heavy (non-hydrogen) atoms. The summed E-state index contributed by atoms with van der Waals surface area (Å²) in [6.07, 6.45) is -4.79. The fourth-order valence-electron chi connectivity index (χ4n) is 3.68. The molecule has 1 fully saturated rings. The van der Waals surface area contributed by atoms with Gasteiger partial charge in [0.05, 0.1) is 5.69 Å². The number of benzene rings is 2. The van der Waals surface area contributed by atoms with Gasteiger partial charge in [-0.25, -0.2) is 0 Å². The van der Waals surface area contributed by atoms with Gasteiger partial charge in [0.1, 0.15) is 28.5 Å². The highest BCUT2D eigenvalue weighted by molar-refractivity contribution is 6.01. The molecule has 0 aliphatic carbocycles. The minimum atomic E-state index is -4.79. The van der Waals surface area contributed by atoms with E-state index in [1.54, 1.807) is 24.0 Å². The lowest BCUT2D eigenvalue weighted by atomic mass is 10.0. The van der Waals surface area contributed by atoms with Gasteiger partial charge in [-0.15, -0.1) is 13.2 Å². The van der Waals surface area contributed by atoms with Crippen LogP contribution in [-0.2, 0) is 0 Å². The Bertz CT molecular complexity index is 1100. The van der Waals surface area contributed by atoms with E-state index in [0.29, 0.717) is 43.2 Å². The van der Waals surface area contributed by atoms with E-state index in [4.69, 9.17) is 4.52 Å². The number of para-hydroxylation sites is 2. The van der Waals surface area contributed by atoms with Crippen molar-refractivity contribution >= 4 is 11.6 Å². The predicted octanol–water partition coefficient (Wildman–Crippen LogP) is 4.22. The van der Waals surface area contributed by atoms with Gasteiger partial charge in [0.15, 0.2) is 0 Å². The highest BCUT2D eigenvalue weighted by atomic mass is 19.4. The van der Waals surface area contributed by atoms with Crippen molar-refractivity contribution < 1.29 is 32.3 Å². The average Bonchev–Trinajstić information content (AvgIpc) is 3.14. The van der Waals surface area contributed by atoms with Crippen molar-refractivity contribution in [1.82, 2.24) is 10.1 Å². The number of carbonyl (C=O) groups excluding carboxylic acids is 1. The summed E-state index contributed by atoms with van der Waals surface area (Å²) in [7, 11) is 0. The van der Waals surface area contributed by atoms with Crippen LogP contribution in [0.3, 0.4) is 0 Å². The molecule has 168 valence electrons. The Balaban J connectivity index is 1.50. The van der Waals surface area contributed by atoms with Gasteiger partial charge in [0.25, 0.3) is 5.91 Å². The fourth-order valence-corrected chi connectivity index (χ4v) is 3.68. The Labute approximate surface area is 181 Å². The maximum atomic E-state index is 13.2. The van der Waals surface area contributed by atoms with Crippen LogP contribution in [-0.4, -0.2) is 53.6 Å². The number of aryl methyl sites for hydroxylation is 1. The first-order chi connectivity index (χ1) is 15.2. The number of ether oxygens (including phenoxy) is 1. The first-order valence-electron chi connectivity index (χ1n) is 9.87. The fraction of sp³-hybridized carbons (Fsp3) is 0.273. The molecule has 2 aromatic carbocycles. The summed E-state index contributed by atoms with van der Waals surface area (Å²) in [5, 5.41) is 14.0. The third-order valence-corrected chi connectivity index (χ3v) is 5.23. The number of halogens is 3. The number of phenols is 1. The van der Waals surface area contributed by atoms with Gasteiger partial charge in [-0.1, -0.05) is 17.3 Å². The van der Waals surface area contributed by atoms with Crippen molar-refractivity contribution in [3.05, 3.63) is 59.9 Å². The van der Waals surface area contributed by atoms with E-state index in [2.05, 4.69) is 9.89 Å². The van der Waals surface area contributed by atoms with Crippen LogP contribution in [0.25, 0.3) is 11.3 Å². The molecule has 10 heteroatoms. The minimum absolute atomic E-state index is 0.183. The largest absolute Gasteiger partial charge is 0.573 e. The van der Waals surface area contributed by atoms with Crippen LogP contribution in [0, 0.1) is 6.92 Å². The number of piperazine rings is 1. The van der Waals surface area contributed by atoms with Crippen molar-refractivity contribution in [3.63, 3.8) is 0 Å². The zero-order valence-electron chi connectivity index (χ0n) is 17.1. The number of hydrogen-bond acceptors (Lipinski definition) is 6. The molecule has 4 rings (SSSR count). The van der Waals surface area contributed by atoms with Crippen LogP contribution < -0.4 is 9.64 Å². The van der Waals surface area contributed by atoms with Crippen molar-refractivity contribution in [2.75, 3.05) is 31.1 Å². The van der Waals surface area contributed by atoms with E-state index in [1.807, 2.05) is 17.0 Å². The van der Waals surface area contributed by atoms with Crippen LogP contribution in [0.15, 0.2) is 53.1 Å². The maximum Gasteiger partial charge on any atom is 0.573 e. The SMILES string of the molecule is Cc1onc(-c2ccc(OC(F)(F)F)cc2)c1C(=O)N1CCN(c2ccccc2O)CC1. The van der Waals surface area contributed by atoms with E-state index < -0.39 is 6.36 Å². The lowest BCUT2D eigenvalue weighted by molar-refractivity contribution is -0.274. The molecule has 3 aromatic rings. The monoisotopic (exact) mass is 447 g/mol. The molecular formula is C22H20F3N3O4. The minimum Gasteiger partial charge on any atom is -0.506 e. The highest BCUT2D eigenvalue weighted by Crippen LogP contribution is 2.31. The number of anilines is 1. The Morgan fingerprint density at radius 1 is 1.06 bits per heavy atom. The molecule has 1 amide bonds. The second-order valence-electron chi connectivity index (χ2n) is 7.30. The van der Waals surface area contributed by atoms with E-state index in [0.717, 1.165) is 12.1 Å². The van der Waals surface area contributed by atoms with Gasteiger partial charge in [-0.05, 0) is 43.3 Å². The van der Waals surface area contributed by atoms with Gasteiger partial charge in [0, 0.05) is 31.7 Å². The summed E-state index contributed by atoms with van der Waals surface area (Å²) < 4.78 is 46.3. The number of aromatic hydroxyl groups is 1. The van der Waals surface area contributed by atoms with Crippen molar-refractivity contribution in [2.24, 2.45) is 0 Å². The Morgan fingerprint density at radius 3 is 2.34 bits per heavy atom. The van der Waals surface area contributed by atoms with Gasteiger partial charge in [-0.3, -0.25) is 4.79 Å². The number of alkyl halides is 3. The molecule has 7 nitrogen and oxygen atoms in total. The van der Waals surface area contributed by atoms with Crippen LogP contribution in [0.1, 0.15) is 16.1 Å². The quantitative estimate of drug-likeness (QED) is 0.645. The Kier molecular flexibility index (Phi) is 5.68. The summed E-state index contributed by atoms with van der Waals surface area (Å²) in [6.45, 7) is 3.53. The Hall–Kier alpha value is -3.69. The molecule has 0 unspecified atom stereocenters.